The summed E-state index contributed by atoms with van der Waals surface area (Å²) < 4.78 is 3.73. The first-order valence-corrected chi connectivity index (χ1v) is 14.3. The largest absolute Gasteiger partial charge is 0.135 e. The minimum atomic E-state index is 1.09. The van der Waals surface area contributed by atoms with Crippen LogP contribution in [-0.2, 0) is 0 Å². The van der Waals surface area contributed by atoms with Gasteiger partial charge in [0, 0.05) is 30.2 Å². The van der Waals surface area contributed by atoms with E-state index in [0.717, 1.165) is 4.47 Å². The molecule has 0 aliphatic carbocycles. The van der Waals surface area contributed by atoms with Crippen LogP contribution in [-0.4, -0.2) is 0 Å². The highest BCUT2D eigenvalue weighted by Gasteiger charge is 2.15. The van der Waals surface area contributed by atoms with Crippen LogP contribution in [0.1, 0.15) is 0 Å². The van der Waals surface area contributed by atoms with Crippen molar-refractivity contribution in [3.05, 3.63) is 144 Å². The van der Waals surface area contributed by atoms with Crippen molar-refractivity contribution < 1.29 is 0 Å². The first-order chi connectivity index (χ1) is 18.7. The maximum absolute atomic E-state index is 3.63. The molecule has 0 nitrogen and oxygen atoms in total. The maximum atomic E-state index is 3.63. The SMILES string of the molecule is Brc1cccc(-c2cccc(-c3cc(-c4ccccc4)cc4c3sc3ccc(-c5ccccc5)cc34)c2)c1. The molecule has 0 unspecified atom stereocenters. The van der Waals surface area contributed by atoms with Gasteiger partial charge in [0.25, 0.3) is 0 Å². The molecule has 0 atom stereocenters. The fourth-order valence-electron chi connectivity index (χ4n) is 5.23. The monoisotopic (exact) mass is 566 g/mol. The van der Waals surface area contributed by atoms with Crippen molar-refractivity contribution in [3.63, 3.8) is 0 Å². The molecule has 0 saturated carbocycles. The van der Waals surface area contributed by atoms with Crippen molar-refractivity contribution in [1.29, 1.82) is 0 Å². The van der Waals surface area contributed by atoms with Crippen LogP contribution < -0.4 is 0 Å². The predicted molar refractivity (Wildman–Crippen MR) is 169 cm³/mol. The van der Waals surface area contributed by atoms with Crippen LogP contribution in [0.15, 0.2) is 144 Å². The predicted octanol–water partition coefficient (Wildman–Crippen LogP) is 11.5. The molecule has 2 heteroatoms. The Hall–Kier alpha value is -3.98. The van der Waals surface area contributed by atoms with Crippen LogP contribution >= 0.6 is 27.3 Å². The molecule has 1 heterocycles. The number of hydrogen-bond donors (Lipinski definition) is 0. The summed E-state index contributed by atoms with van der Waals surface area (Å²) in [5.41, 5.74) is 9.91. The van der Waals surface area contributed by atoms with E-state index in [1.807, 2.05) is 11.3 Å². The molecule has 7 rings (SSSR count). The first kappa shape index (κ1) is 23.2. The highest BCUT2D eigenvalue weighted by Crippen LogP contribution is 2.44. The van der Waals surface area contributed by atoms with E-state index in [1.54, 1.807) is 0 Å². The lowest BCUT2D eigenvalue weighted by atomic mass is 9.94. The van der Waals surface area contributed by atoms with Crippen LogP contribution in [0.5, 0.6) is 0 Å². The maximum Gasteiger partial charge on any atom is 0.0434 e. The molecule has 38 heavy (non-hydrogen) atoms. The molecule has 0 N–H and O–H groups in total. The van der Waals surface area contributed by atoms with Crippen LogP contribution in [0.3, 0.4) is 0 Å². The number of fused-ring (bicyclic) bond motifs is 3. The number of hydrogen-bond acceptors (Lipinski definition) is 1. The van der Waals surface area contributed by atoms with Crippen molar-refractivity contribution in [2.24, 2.45) is 0 Å². The van der Waals surface area contributed by atoms with Gasteiger partial charge in [0.1, 0.15) is 0 Å². The van der Waals surface area contributed by atoms with Gasteiger partial charge in [0.05, 0.1) is 0 Å². The second-order valence-corrected chi connectivity index (χ2v) is 11.5. The zero-order valence-electron chi connectivity index (χ0n) is 20.6. The molecule has 180 valence electrons. The van der Waals surface area contributed by atoms with Gasteiger partial charge in [-0.15, -0.1) is 11.3 Å². The van der Waals surface area contributed by atoms with E-state index in [0.29, 0.717) is 0 Å². The Bertz CT molecular complexity index is 1920. The summed E-state index contributed by atoms with van der Waals surface area (Å²) in [6, 6.07) is 50.5. The standard InChI is InChI=1S/C36H23BrS/c37-31-16-8-14-27(20-31)26-13-7-15-29(19-26)32-22-30(25-11-5-2-6-12-25)23-34-33-21-28(24-9-3-1-4-10-24)17-18-35(33)38-36(32)34/h1-23H. The van der Waals surface area contributed by atoms with E-state index in [2.05, 4.69) is 155 Å². The highest BCUT2D eigenvalue weighted by atomic mass is 79.9. The molecular formula is C36H23BrS. The summed E-state index contributed by atoms with van der Waals surface area (Å²) in [6.45, 7) is 0. The Labute approximate surface area is 235 Å². The average molecular weight is 568 g/mol. The summed E-state index contributed by atoms with van der Waals surface area (Å²) in [7, 11) is 0. The molecule has 0 spiro atoms. The molecule has 0 amide bonds. The molecule has 0 aliphatic rings. The molecule has 0 aliphatic heterocycles. The van der Waals surface area contributed by atoms with Gasteiger partial charge in [-0.05, 0) is 81.4 Å². The second kappa shape index (κ2) is 9.72. The minimum absolute atomic E-state index is 1.09. The number of halogens is 1. The van der Waals surface area contributed by atoms with Gasteiger partial charge < -0.3 is 0 Å². The Balaban J connectivity index is 1.48. The van der Waals surface area contributed by atoms with Crippen molar-refractivity contribution in [1.82, 2.24) is 0 Å². The normalized spacial score (nSPS) is 11.3. The summed E-state index contributed by atoms with van der Waals surface area (Å²) >= 11 is 5.52. The highest BCUT2D eigenvalue weighted by molar-refractivity contribution is 9.10. The lowest BCUT2D eigenvalue weighted by Crippen LogP contribution is -1.85. The zero-order valence-corrected chi connectivity index (χ0v) is 23.0. The van der Waals surface area contributed by atoms with Crippen molar-refractivity contribution in [2.45, 2.75) is 0 Å². The van der Waals surface area contributed by atoms with E-state index in [-0.39, 0.29) is 0 Å². The fraction of sp³-hybridized carbons (Fsp3) is 0. The quantitative estimate of drug-likeness (QED) is 0.198. The molecule has 1 aromatic heterocycles. The topological polar surface area (TPSA) is 0 Å². The lowest BCUT2D eigenvalue weighted by Gasteiger charge is -2.11. The number of thiophene rings is 1. The van der Waals surface area contributed by atoms with E-state index in [4.69, 9.17) is 0 Å². The van der Waals surface area contributed by atoms with Gasteiger partial charge in [-0.3, -0.25) is 0 Å². The number of benzene rings is 6. The summed E-state index contributed by atoms with van der Waals surface area (Å²) in [6.07, 6.45) is 0. The van der Waals surface area contributed by atoms with E-state index in [9.17, 15) is 0 Å². The molecular weight excluding hydrogens is 544 g/mol. The Kier molecular flexibility index (Phi) is 5.92. The Morgan fingerprint density at radius 3 is 1.71 bits per heavy atom. The first-order valence-electron chi connectivity index (χ1n) is 12.7. The van der Waals surface area contributed by atoms with E-state index < -0.39 is 0 Å². The van der Waals surface area contributed by atoms with Crippen molar-refractivity contribution >= 4 is 47.4 Å². The van der Waals surface area contributed by atoms with Crippen LogP contribution in [0.2, 0.25) is 0 Å². The Morgan fingerprint density at radius 1 is 0.395 bits per heavy atom. The third-order valence-corrected chi connectivity index (χ3v) is 8.83. The molecule has 6 aromatic carbocycles. The molecule has 7 aromatic rings. The summed E-state index contributed by atoms with van der Waals surface area (Å²) in [4.78, 5) is 0. The molecule has 0 bridgehead atoms. The molecule has 0 saturated heterocycles. The van der Waals surface area contributed by atoms with E-state index in [1.165, 1.54) is 64.7 Å². The third kappa shape index (κ3) is 4.26. The van der Waals surface area contributed by atoms with Gasteiger partial charge in [-0.2, -0.15) is 0 Å². The number of rotatable bonds is 4. The minimum Gasteiger partial charge on any atom is -0.135 e. The lowest BCUT2D eigenvalue weighted by molar-refractivity contribution is 1.58. The van der Waals surface area contributed by atoms with Gasteiger partial charge in [0.15, 0.2) is 0 Å². The molecule has 0 radical (unpaired) electrons. The van der Waals surface area contributed by atoms with Crippen LogP contribution in [0.4, 0.5) is 0 Å². The van der Waals surface area contributed by atoms with Gasteiger partial charge >= 0.3 is 0 Å². The third-order valence-electron chi connectivity index (χ3n) is 7.12. The van der Waals surface area contributed by atoms with E-state index >= 15 is 0 Å². The van der Waals surface area contributed by atoms with Gasteiger partial charge in [-0.25, -0.2) is 0 Å². The smallest absolute Gasteiger partial charge is 0.0434 e. The van der Waals surface area contributed by atoms with Crippen LogP contribution in [0, 0.1) is 0 Å². The summed E-state index contributed by atoms with van der Waals surface area (Å²) in [5.74, 6) is 0. The van der Waals surface area contributed by atoms with Gasteiger partial charge in [-0.1, -0.05) is 113 Å². The molecule has 0 fully saturated rings. The summed E-state index contributed by atoms with van der Waals surface area (Å²) in [5, 5.41) is 2.63. The fourth-order valence-corrected chi connectivity index (χ4v) is 6.83. The second-order valence-electron chi connectivity index (χ2n) is 9.54. The average Bonchev–Trinajstić information content (AvgIpc) is 3.35. The zero-order chi connectivity index (χ0) is 25.5. The van der Waals surface area contributed by atoms with Crippen molar-refractivity contribution in [3.8, 4) is 44.5 Å². The van der Waals surface area contributed by atoms with Crippen molar-refractivity contribution in [2.75, 3.05) is 0 Å². The van der Waals surface area contributed by atoms with Gasteiger partial charge in [0.2, 0.25) is 0 Å². The van der Waals surface area contributed by atoms with Crippen LogP contribution in [0.25, 0.3) is 64.7 Å². The Morgan fingerprint density at radius 2 is 0.974 bits per heavy atom.